The van der Waals surface area contributed by atoms with Crippen molar-refractivity contribution < 1.29 is 0 Å². The van der Waals surface area contributed by atoms with Crippen LogP contribution in [-0.4, -0.2) is 11.6 Å². The Labute approximate surface area is 68.8 Å². The molecule has 0 saturated heterocycles. The summed E-state index contributed by atoms with van der Waals surface area (Å²) in [6.45, 7) is 0. The maximum absolute atomic E-state index is 5.65. The van der Waals surface area contributed by atoms with Crippen molar-refractivity contribution in [3.63, 3.8) is 0 Å². The predicted molar refractivity (Wildman–Crippen MR) is 44.3 cm³/mol. The molecule has 0 aliphatic heterocycles. The molecule has 0 atom stereocenters. The molecule has 0 unspecified atom stereocenters. The Balaban J connectivity index is 3.22. The zero-order valence-electron chi connectivity index (χ0n) is 5.97. The Kier molecular flexibility index (Phi) is 2.51. The largest absolute Gasteiger partial charge is 0.323 e. The predicted octanol–water partition coefficient (Wildman–Crippen LogP) is 1.36. The van der Waals surface area contributed by atoms with Crippen molar-refractivity contribution in [1.29, 1.82) is 0 Å². The van der Waals surface area contributed by atoms with E-state index in [-0.39, 0.29) is 0 Å². The van der Waals surface area contributed by atoms with Crippen LogP contribution in [0.1, 0.15) is 5.69 Å². The molecule has 1 heterocycles. The van der Waals surface area contributed by atoms with Crippen molar-refractivity contribution in [2.45, 2.75) is 5.88 Å². The maximum Gasteiger partial charge on any atom is 0.184 e. The van der Waals surface area contributed by atoms with Gasteiger partial charge in [-0.1, -0.05) is 0 Å². The number of nitrogens with zero attached hydrogens (tertiary/aromatic N) is 2. The van der Waals surface area contributed by atoms with Gasteiger partial charge in [-0.3, -0.25) is 4.99 Å². The van der Waals surface area contributed by atoms with Crippen molar-refractivity contribution in [2.24, 2.45) is 12.0 Å². The van der Waals surface area contributed by atoms with E-state index in [0.717, 1.165) is 10.5 Å². The summed E-state index contributed by atoms with van der Waals surface area (Å²) in [6.07, 6.45) is 0. The first-order chi connectivity index (χ1) is 4.79. The van der Waals surface area contributed by atoms with Crippen LogP contribution in [-0.2, 0) is 12.9 Å². The number of hydrogen-bond acceptors (Lipinski definition) is 2. The molecule has 0 N–H and O–H groups in total. The van der Waals surface area contributed by atoms with Gasteiger partial charge in [-0.2, -0.15) is 0 Å². The first-order valence-electron chi connectivity index (χ1n) is 2.91. The van der Waals surface area contributed by atoms with Gasteiger partial charge < -0.3 is 4.57 Å². The summed E-state index contributed by atoms with van der Waals surface area (Å²) in [5.74, 6) is 0.558. The number of alkyl halides is 1. The average Bonchev–Trinajstić information content (AvgIpc) is 2.30. The Morgan fingerprint density at radius 1 is 1.80 bits per heavy atom. The third-order valence-electron chi connectivity index (χ3n) is 1.35. The van der Waals surface area contributed by atoms with Crippen molar-refractivity contribution in [3.05, 3.63) is 15.9 Å². The van der Waals surface area contributed by atoms with Crippen molar-refractivity contribution >= 4 is 22.9 Å². The Hall–Kier alpha value is -0.280. The van der Waals surface area contributed by atoms with Gasteiger partial charge in [0.2, 0.25) is 0 Å². The molecule has 0 saturated carbocycles. The summed E-state index contributed by atoms with van der Waals surface area (Å²) < 4.78 is 2.00. The lowest BCUT2D eigenvalue weighted by molar-refractivity contribution is 0.822. The third kappa shape index (κ3) is 1.25. The smallest absolute Gasteiger partial charge is 0.184 e. The minimum atomic E-state index is 0.558. The number of thiazole rings is 1. The molecule has 0 aromatic carbocycles. The highest BCUT2D eigenvalue weighted by atomic mass is 35.5. The standard InChI is InChI=1S/C6H9ClN2S/c1-8-6-9(2)5(3-7)4-10-6/h4H,3H2,1-2H3/b8-6-. The van der Waals surface area contributed by atoms with E-state index in [2.05, 4.69) is 4.99 Å². The second-order valence-corrected chi connectivity index (χ2v) is 3.03. The summed E-state index contributed by atoms with van der Waals surface area (Å²) in [4.78, 5) is 5.07. The third-order valence-corrected chi connectivity index (χ3v) is 2.68. The van der Waals surface area contributed by atoms with E-state index in [1.807, 2.05) is 17.0 Å². The molecule has 0 spiro atoms. The fraction of sp³-hybridized carbons (Fsp3) is 0.500. The fourth-order valence-electron chi connectivity index (χ4n) is 0.726. The molecule has 56 valence electrons. The fourth-order valence-corrected chi connectivity index (χ4v) is 1.94. The normalized spacial score (nSPS) is 12.5. The number of halogens is 1. The first kappa shape index (κ1) is 7.82. The highest BCUT2D eigenvalue weighted by Gasteiger charge is 1.96. The van der Waals surface area contributed by atoms with Crippen molar-refractivity contribution in [1.82, 2.24) is 4.57 Å². The van der Waals surface area contributed by atoms with Gasteiger partial charge in [0.15, 0.2) is 4.80 Å². The quantitative estimate of drug-likeness (QED) is 0.575. The van der Waals surface area contributed by atoms with E-state index in [9.17, 15) is 0 Å². The minimum absolute atomic E-state index is 0.558. The van der Waals surface area contributed by atoms with Crippen LogP contribution in [0.5, 0.6) is 0 Å². The lowest BCUT2D eigenvalue weighted by Gasteiger charge is -1.94. The summed E-state index contributed by atoms with van der Waals surface area (Å²) in [5, 5.41) is 2.02. The van der Waals surface area contributed by atoms with Gasteiger partial charge in [0, 0.05) is 25.2 Å². The van der Waals surface area contributed by atoms with Crippen LogP contribution in [0.15, 0.2) is 10.4 Å². The first-order valence-corrected chi connectivity index (χ1v) is 4.33. The van der Waals surface area contributed by atoms with Crippen molar-refractivity contribution in [2.75, 3.05) is 7.05 Å². The van der Waals surface area contributed by atoms with Crippen LogP contribution in [0.3, 0.4) is 0 Å². The van der Waals surface area contributed by atoms with Crippen molar-refractivity contribution in [3.8, 4) is 0 Å². The van der Waals surface area contributed by atoms with Gasteiger partial charge in [0.25, 0.3) is 0 Å². The van der Waals surface area contributed by atoms with E-state index in [1.54, 1.807) is 18.4 Å². The van der Waals surface area contributed by atoms with Gasteiger partial charge in [0.1, 0.15) is 0 Å². The zero-order valence-corrected chi connectivity index (χ0v) is 7.54. The molecule has 1 aromatic heterocycles. The molecule has 10 heavy (non-hydrogen) atoms. The molecular formula is C6H9ClN2S. The van der Waals surface area contributed by atoms with E-state index < -0.39 is 0 Å². The summed E-state index contributed by atoms with van der Waals surface area (Å²) in [6, 6.07) is 0. The Morgan fingerprint density at radius 2 is 2.50 bits per heavy atom. The maximum atomic E-state index is 5.65. The average molecular weight is 177 g/mol. The molecule has 0 bridgehead atoms. The molecule has 0 radical (unpaired) electrons. The second-order valence-electron chi connectivity index (χ2n) is 1.93. The summed E-state index contributed by atoms with van der Waals surface area (Å²) in [7, 11) is 3.75. The zero-order chi connectivity index (χ0) is 7.56. The van der Waals surface area contributed by atoms with E-state index in [4.69, 9.17) is 11.6 Å². The lowest BCUT2D eigenvalue weighted by Crippen LogP contribution is -2.11. The summed E-state index contributed by atoms with van der Waals surface area (Å²) in [5.41, 5.74) is 1.12. The van der Waals surface area contributed by atoms with Crippen LogP contribution in [0.2, 0.25) is 0 Å². The molecule has 0 amide bonds. The molecule has 4 heteroatoms. The Bertz CT molecular complexity index is 274. The minimum Gasteiger partial charge on any atom is -0.323 e. The van der Waals surface area contributed by atoms with Gasteiger partial charge in [-0.15, -0.1) is 22.9 Å². The second kappa shape index (κ2) is 3.21. The molecule has 0 aliphatic rings. The molecule has 0 fully saturated rings. The highest BCUT2D eigenvalue weighted by molar-refractivity contribution is 7.07. The van der Waals surface area contributed by atoms with Crippen LogP contribution >= 0.6 is 22.9 Å². The molecule has 2 nitrogen and oxygen atoms in total. The molecule has 1 aromatic rings. The highest BCUT2D eigenvalue weighted by Crippen LogP contribution is 2.02. The SMILES string of the molecule is C/N=c1\scc(CCl)n1C. The van der Waals surface area contributed by atoms with Crippen LogP contribution < -0.4 is 4.80 Å². The molecular weight excluding hydrogens is 168 g/mol. The van der Waals surface area contributed by atoms with Crippen LogP contribution in [0.25, 0.3) is 0 Å². The number of aromatic nitrogens is 1. The van der Waals surface area contributed by atoms with E-state index in [0.29, 0.717) is 5.88 Å². The topological polar surface area (TPSA) is 17.3 Å². The van der Waals surface area contributed by atoms with Gasteiger partial charge in [-0.25, -0.2) is 0 Å². The molecule has 1 rings (SSSR count). The van der Waals surface area contributed by atoms with Gasteiger partial charge in [-0.05, 0) is 0 Å². The summed E-state index contributed by atoms with van der Waals surface area (Å²) >= 11 is 7.26. The molecule has 0 aliphatic carbocycles. The van der Waals surface area contributed by atoms with Crippen LogP contribution in [0, 0.1) is 0 Å². The lowest BCUT2D eigenvalue weighted by atomic mass is 10.6. The number of rotatable bonds is 1. The van der Waals surface area contributed by atoms with Gasteiger partial charge in [0.05, 0.1) is 5.88 Å². The Morgan fingerprint density at radius 3 is 2.80 bits per heavy atom. The van der Waals surface area contributed by atoms with E-state index in [1.165, 1.54) is 0 Å². The monoisotopic (exact) mass is 176 g/mol. The van der Waals surface area contributed by atoms with Gasteiger partial charge >= 0.3 is 0 Å². The number of hydrogen-bond donors (Lipinski definition) is 0. The van der Waals surface area contributed by atoms with Crippen LogP contribution in [0.4, 0.5) is 0 Å². The van der Waals surface area contributed by atoms with E-state index >= 15 is 0 Å².